The summed E-state index contributed by atoms with van der Waals surface area (Å²) < 4.78 is 0. The maximum atomic E-state index is 2.42. The van der Waals surface area contributed by atoms with Gasteiger partial charge in [0.2, 0.25) is 0 Å². The fraction of sp³-hybridized carbons (Fsp3) is 0.176. The number of benzene rings is 2. The van der Waals surface area contributed by atoms with E-state index >= 15 is 0 Å². The standard InChI is InChI=1S/C17H17N.ClH/c1-3-7-15(8-4-1)16-11-13-18(14-12-16)17-9-5-2-6-10-17;/h1-11H,12-14H2;1H. The highest BCUT2D eigenvalue weighted by Gasteiger charge is 2.12. The zero-order valence-corrected chi connectivity index (χ0v) is 11.6. The summed E-state index contributed by atoms with van der Waals surface area (Å²) in [6.07, 6.45) is 3.48. The normalized spacial score (nSPS) is 14.5. The molecule has 19 heavy (non-hydrogen) atoms. The zero-order chi connectivity index (χ0) is 12.2. The third-order valence-electron chi connectivity index (χ3n) is 3.48. The number of hydrogen-bond acceptors (Lipinski definition) is 1. The number of rotatable bonds is 2. The molecule has 2 heteroatoms. The van der Waals surface area contributed by atoms with Crippen molar-refractivity contribution in [2.75, 3.05) is 18.0 Å². The van der Waals surface area contributed by atoms with Gasteiger partial charge in [0.1, 0.15) is 0 Å². The highest BCUT2D eigenvalue weighted by atomic mass is 35.5. The summed E-state index contributed by atoms with van der Waals surface area (Å²) in [5, 5.41) is 0. The van der Waals surface area contributed by atoms with Gasteiger partial charge in [0.15, 0.2) is 0 Å². The second kappa shape index (κ2) is 6.44. The van der Waals surface area contributed by atoms with Gasteiger partial charge in [-0.1, -0.05) is 54.6 Å². The molecular formula is C17H18ClN. The van der Waals surface area contributed by atoms with Gasteiger partial charge in [-0.3, -0.25) is 0 Å². The maximum Gasteiger partial charge on any atom is 0.0369 e. The molecule has 3 rings (SSSR count). The first-order valence-electron chi connectivity index (χ1n) is 6.48. The van der Waals surface area contributed by atoms with Gasteiger partial charge in [0.05, 0.1) is 0 Å². The largest absolute Gasteiger partial charge is 0.367 e. The summed E-state index contributed by atoms with van der Waals surface area (Å²) in [6.45, 7) is 2.11. The summed E-state index contributed by atoms with van der Waals surface area (Å²) in [7, 11) is 0. The van der Waals surface area contributed by atoms with Crippen LogP contribution in [0.5, 0.6) is 0 Å². The van der Waals surface area contributed by atoms with Crippen LogP contribution in [0, 0.1) is 0 Å². The Balaban J connectivity index is 0.00000133. The average Bonchev–Trinajstić information content (AvgIpc) is 2.49. The predicted molar refractivity (Wildman–Crippen MR) is 84.9 cm³/mol. The minimum atomic E-state index is 0. The molecule has 2 aromatic carbocycles. The third kappa shape index (κ3) is 3.18. The van der Waals surface area contributed by atoms with Crippen LogP contribution in [-0.4, -0.2) is 13.1 Å². The minimum Gasteiger partial charge on any atom is -0.367 e. The van der Waals surface area contributed by atoms with E-state index in [1.807, 2.05) is 0 Å². The summed E-state index contributed by atoms with van der Waals surface area (Å²) in [6, 6.07) is 21.3. The molecule has 0 fully saturated rings. The molecule has 0 saturated carbocycles. The van der Waals surface area contributed by atoms with Crippen molar-refractivity contribution in [3.8, 4) is 0 Å². The monoisotopic (exact) mass is 271 g/mol. The van der Waals surface area contributed by atoms with Gasteiger partial charge in [-0.05, 0) is 29.7 Å². The van der Waals surface area contributed by atoms with Crippen molar-refractivity contribution in [2.24, 2.45) is 0 Å². The van der Waals surface area contributed by atoms with Gasteiger partial charge < -0.3 is 4.90 Å². The van der Waals surface area contributed by atoms with Crippen LogP contribution in [0.1, 0.15) is 12.0 Å². The van der Waals surface area contributed by atoms with E-state index in [0.29, 0.717) is 0 Å². The second-order valence-electron chi connectivity index (χ2n) is 4.63. The molecule has 0 radical (unpaired) electrons. The minimum absolute atomic E-state index is 0. The van der Waals surface area contributed by atoms with Crippen molar-refractivity contribution < 1.29 is 0 Å². The summed E-state index contributed by atoms with van der Waals surface area (Å²) in [4.78, 5) is 2.42. The molecule has 2 aromatic rings. The molecule has 0 bridgehead atoms. The fourth-order valence-corrected chi connectivity index (χ4v) is 2.46. The Labute approximate surface area is 121 Å². The molecule has 0 saturated heterocycles. The van der Waals surface area contributed by atoms with E-state index in [4.69, 9.17) is 0 Å². The van der Waals surface area contributed by atoms with Crippen molar-refractivity contribution in [1.82, 2.24) is 0 Å². The molecule has 0 aromatic heterocycles. The SMILES string of the molecule is C1=C(c2ccccc2)CCN(c2ccccc2)C1.Cl. The van der Waals surface area contributed by atoms with Crippen LogP contribution in [0.15, 0.2) is 66.7 Å². The highest BCUT2D eigenvalue weighted by Crippen LogP contribution is 2.25. The van der Waals surface area contributed by atoms with Gasteiger partial charge in [0, 0.05) is 18.8 Å². The van der Waals surface area contributed by atoms with E-state index in [0.717, 1.165) is 19.5 Å². The van der Waals surface area contributed by atoms with E-state index in [9.17, 15) is 0 Å². The second-order valence-corrected chi connectivity index (χ2v) is 4.63. The van der Waals surface area contributed by atoms with Gasteiger partial charge in [-0.15, -0.1) is 12.4 Å². The zero-order valence-electron chi connectivity index (χ0n) is 10.8. The predicted octanol–water partition coefficient (Wildman–Crippen LogP) is 4.40. The molecule has 0 atom stereocenters. The molecular weight excluding hydrogens is 254 g/mol. The lowest BCUT2D eigenvalue weighted by atomic mass is 9.99. The molecule has 1 heterocycles. The molecule has 1 aliphatic heterocycles. The van der Waals surface area contributed by atoms with Crippen LogP contribution in [0.25, 0.3) is 5.57 Å². The van der Waals surface area contributed by atoms with E-state index in [2.05, 4.69) is 71.6 Å². The van der Waals surface area contributed by atoms with Gasteiger partial charge in [-0.25, -0.2) is 0 Å². The van der Waals surface area contributed by atoms with Crippen molar-refractivity contribution in [3.63, 3.8) is 0 Å². The van der Waals surface area contributed by atoms with E-state index in [1.54, 1.807) is 0 Å². The average molecular weight is 272 g/mol. The topological polar surface area (TPSA) is 3.24 Å². The van der Waals surface area contributed by atoms with Gasteiger partial charge >= 0.3 is 0 Å². The van der Waals surface area contributed by atoms with E-state index in [1.165, 1.54) is 16.8 Å². The Bertz CT molecular complexity index is 534. The highest BCUT2D eigenvalue weighted by molar-refractivity contribution is 5.85. The van der Waals surface area contributed by atoms with Crippen LogP contribution in [0.4, 0.5) is 5.69 Å². The molecule has 98 valence electrons. The number of halogens is 1. The van der Waals surface area contributed by atoms with Crippen LogP contribution in [0.3, 0.4) is 0 Å². The number of hydrogen-bond donors (Lipinski definition) is 0. The van der Waals surface area contributed by atoms with Crippen LogP contribution in [-0.2, 0) is 0 Å². The first kappa shape index (κ1) is 13.7. The Morgan fingerprint density at radius 1 is 0.789 bits per heavy atom. The summed E-state index contributed by atoms with van der Waals surface area (Å²) >= 11 is 0. The first-order chi connectivity index (χ1) is 8.93. The Hall–Kier alpha value is -1.73. The molecule has 1 aliphatic rings. The first-order valence-corrected chi connectivity index (χ1v) is 6.48. The van der Waals surface area contributed by atoms with Crippen LogP contribution >= 0.6 is 12.4 Å². The molecule has 0 spiro atoms. The fourth-order valence-electron chi connectivity index (χ4n) is 2.46. The van der Waals surface area contributed by atoms with Crippen LogP contribution < -0.4 is 4.90 Å². The van der Waals surface area contributed by atoms with E-state index in [-0.39, 0.29) is 12.4 Å². The number of nitrogens with zero attached hydrogens (tertiary/aromatic N) is 1. The third-order valence-corrected chi connectivity index (χ3v) is 3.48. The molecule has 0 N–H and O–H groups in total. The van der Waals surface area contributed by atoms with Crippen molar-refractivity contribution in [2.45, 2.75) is 6.42 Å². The quantitative estimate of drug-likeness (QED) is 0.782. The van der Waals surface area contributed by atoms with E-state index < -0.39 is 0 Å². The lowest BCUT2D eigenvalue weighted by Crippen LogP contribution is -2.28. The lowest BCUT2D eigenvalue weighted by Gasteiger charge is -2.28. The number of para-hydroxylation sites is 1. The maximum absolute atomic E-state index is 2.42. The van der Waals surface area contributed by atoms with Gasteiger partial charge in [0.25, 0.3) is 0 Å². The Morgan fingerprint density at radius 3 is 2.00 bits per heavy atom. The molecule has 0 aliphatic carbocycles. The Kier molecular flexibility index (Phi) is 4.64. The lowest BCUT2D eigenvalue weighted by molar-refractivity contribution is 0.833. The molecule has 0 unspecified atom stereocenters. The summed E-state index contributed by atoms with van der Waals surface area (Å²) in [5.41, 5.74) is 4.16. The van der Waals surface area contributed by atoms with Gasteiger partial charge in [-0.2, -0.15) is 0 Å². The molecule has 0 amide bonds. The molecule has 1 nitrogen and oxygen atoms in total. The number of anilines is 1. The smallest absolute Gasteiger partial charge is 0.0369 e. The summed E-state index contributed by atoms with van der Waals surface area (Å²) in [5.74, 6) is 0. The Morgan fingerprint density at radius 2 is 1.42 bits per heavy atom. The van der Waals surface area contributed by atoms with Crippen LogP contribution in [0.2, 0.25) is 0 Å². The van der Waals surface area contributed by atoms with Crippen molar-refractivity contribution in [3.05, 3.63) is 72.3 Å². The van der Waals surface area contributed by atoms with Crippen molar-refractivity contribution in [1.29, 1.82) is 0 Å². The van der Waals surface area contributed by atoms with Crippen molar-refractivity contribution >= 4 is 23.7 Å².